The predicted molar refractivity (Wildman–Crippen MR) is 251 cm³/mol. The van der Waals surface area contributed by atoms with Gasteiger partial charge in [0.05, 0.1) is 30.3 Å². The Labute approximate surface area is 381 Å². The second-order valence-electron chi connectivity index (χ2n) is 14.3. The van der Waals surface area contributed by atoms with Crippen molar-refractivity contribution in [3.8, 4) is 78.7 Å². The topological polar surface area (TPSA) is 44.4 Å². The van der Waals surface area contributed by atoms with Crippen LogP contribution >= 0.6 is 0 Å². The SMILES string of the molecule is [C-]#[N+]c1cc[c-]c(-c2nccn2-c2c(-c3ccccc3)cccc2-c2ccccc2)c1.[C-]#[N+]c1cccc(-c2nccn2-c2c(-c3ccccc3)cccc2-c2ccccc2)c1.[Ir]. The van der Waals surface area contributed by atoms with Gasteiger partial charge in [0.15, 0.2) is 5.69 Å². The molecule has 8 aromatic carbocycles. The zero-order chi connectivity index (χ0) is 42.1. The molecular formula is C56H37IrN6-. The predicted octanol–water partition coefficient (Wildman–Crippen LogP) is 14.6. The number of para-hydroxylation sites is 2. The summed E-state index contributed by atoms with van der Waals surface area (Å²) in [5, 5.41) is 0. The van der Waals surface area contributed by atoms with Crippen LogP contribution in [0.5, 0.6) is 0 Å². The van der Waals surface area contributed by atoms with Crippen LogP contribution in [0.2, 0.25) is 0 Å². The van der Waals surface area contributed by atoms with Gasteiger partial charge >= 0.3 is 0 Å². The minimum Gasteiger partial charge on any atom is -0.339 e. The van der Waals surface area contributed by atoms with Gasteiger partial charge in [-0.2, -0.15) is 6.07 Å². The number of nitrogens with zero attached hydrogens (tertiary/aromatic N) is 6. The second kappa shape index (κ2) is 19.5. The van der Waals surface area contributed by atoms with E-state index in [2.05, 4.69) is 168 Å². The second-order valence-corrected chi connectivity index (χ2v) is 14.3. The summed E-state index contributed by atoms with van der Waals surface area (Å²) in [7, 11) is 0. The van der Waals surface area contributed by atoms with Crippen molar-refractivity contribution in [3.05, 3.63) is 254 Å². The Morgan fingerprint density at radius 3 is 1.22 bits per heavy atom. The maximum absolute atomic E-state index is 7.37. The fraction of sp³-hybridized carbons (Fsp3) is 0. The van der Waals surface area contributed by atoms with Gasteiger partial charge in [-0.3, -0.25) is 14.4 Å². The quantitative estimate of drug-likeness (QED) is 0.142. The van der Waals surface area contributed by atoms with Crippen LogP contribution < -0.4 is 0 Å². The molecule has 1 radical (unpaired) electrons. The first-order chi connectivity index (χ1) is 30.7. The molecule has 10 aromatic rings. The third-order valence-corrected chi connectivity index (χ3v) is 10.6. The van der Waals surface area contributed by atoms with Crippen LogP contribution in [0.4, 0.5) is 11.4 Å². The van der Waals surface area contributed by atoms with Gasteiger partial charge in [0.2, 0.25) is 0 Å². The van der Waals surface area contributed by atoms with Gasteiger partial charge in [0, 0.05) is 72.7 Å². The fourth-order valence-electron chi connectivity index (χ4n) is 7.76. The van der Waals surface area contributed by atoms with E-state index in [-0.39, 0.29) is 20.1 Å². The molecule has 0 atom stereocenters. The molecule has 0 aliphatic carbocycles. The number of imidazole rings is 2. The zero-order valence-corrected chi connectivity index (χ0v) is 36.3. The Morgan fingerprint density at radius 1 is 0.397 bits per heavy atom. The molecule has 7 heteroatoms. The average molecular weight is 986 g/mol. The van der Waals surface area contributed by atoms with Gasteiger partial charge in [-0.15, -0.1) is 23.8 Å². The number of hydrogen-bond donors (Lipinski definition) is 0. The molecule has 6 nitrogen and oxygen atoms in total. The van der Waals surface area contributed by atoms with E-state index in [1.807, 2.05) is 73.2 Å². The summed E-state index contributed by atoms with van der Waals surface area (Å²) >= 11 is 0. The minimum atomic E-state index is 0. The molecule has 0 spiro atoms. The summed E-state index contributed by atoms with van der Waals surface area (Å²) in [5.74, 6) is 1.57. The Bertz CT molecular complexity index is 2860. The first-order valence-corrected chi connectivity index (χ1v) is 20.1. The smallest absolute Gasteiger partial charge is 0.187 e. The summed E-state index contributed by atoms with van der Waals surface area (Å²) < 4.78 is 4.23. The van der Waals surface area contributed by atoms with E-state index in [0.717, 1.165) is 78.7 Å². The van der Waals surface area contributed by atoms with Crippen molar-refractivity contribution < 1.29 is 20.1 Å². The van der Waals surface area contributed by atoms with Crippen molar-refractivity contribution in [2.24, 2.45) is 0 Å². The molecule has 0 aliphatic rings. The van der Waals surface area contributed by atoms with E-state index in [4.69, 9.17) is 13.1 Å². The van der Waals surface area contributed by atoms with Crippen LogP contribution in [0.15, 0.2) is 225 Å². The van der Waals surface area contributed by atoms with E-state index < -0.39 is 0 Å². The maximum Gasteiger partial charge on any atom is 0.187 e. The largest absolute Gasteiger partial charge is 0.339 e. The van der Waals surface area contributed by atoms with Crippen molar-refractivity contribution in [1.29, 1.82) is 0 Å². The van der Waals surface area contributed by atoms with Gasteiger partial charge in [-0.1, -0.05) is 176 Å². The van der Waals surface area contributed by atoms with E-state index in [0.29, 0.717) is 11.4 Å². The van der Waals surface area contributed by atoms with Gasteiger partial charge in [-0.05, 0) is 28.3 Å². The van der Waals surface area contributed by atoms with Gasteiger partial charge in [0.25, 0.3) is 0 Å². The van der Waals surface area contributed by atoms with Crippen LogP contribution in [0.1, 0.15) is 0 Å². The van der Waals surface area contributed by atoms with Crippen LogP contribution in [0, 0.1) is 19.2 Å². The van der Waals surface area contributed by atoms with E-state index in [1.54, 1.807) is 18.3 Å². The average Bonchev–Trinajstić information content (AvgIpc) is 4.06. The van der Waals surface area contributed by atoms with Crippen molar-refractivity contribution in [1.82, 2.24) is 19.1 Å². The molecule has 0 amide bonds. The summed E-state index contributed by atoms with van der Waals surface area (Å²) in [6.45, 7) is 14.7. The van der Waals surface area contributed by atoms with Crippen molar-refractivity contribution in [3.63, 3.8) is 0 Å². The first kappa shape index (κ1) is 41.5. The molecule has 0 fully saturated rings. The van der Waals surface area contributed by atoms with Crippen molar-refractivity contribution >= 4 is 11.4 Å². The Kier molecular flexibility index (Phi) is 12.8. The van der Waals surface area contributed by atoms with Gasteiger partial charge in [0.1, 0.15) is 11.5 Å². The molecule has 0 aliphatic heterocycles. The van der Waals surface area contributed by atoms with Crippen molar-refractivity contribution in [2.75, 3.05) is 0 Å². The summed E-state index contributed by atoms with van der Waals surface area (Å²) in [6.07, 6.45) is 7.58. The van der Waals surface area contributed by atoms with Crippen LogP contribution in [0.3, 0.4) is 0 Å². The molecule has 0 saturated carbocycles. The minimum absolute atomic E-state index is 0. The number of rotatable bonds is 8. The molecule has 0 bridgehead atoms. The Morgan fingerprint density at radius 2 is 0.778 bits per heavy atom. The molecule has 0 N–H and O–H groups in total. The first-order valence-electron chi connectivity index (χ1n) is 20.1. The summed E-state index contributed by atoms with van der Waals surface area (Å²) in [5.41, 5.74) is 14.0. The van der Waals surface area contributed by atoms with E-state index in [9.17, 15) is 0 Å². The molecule has 2 heterocycles. The van der Waals surface area contributed by atoms with Crippen LogP contribution in [0.25, 0.3) is 88.3 Å². The maximum atomic E-state index is 7.37. The summed E-state index contributed by atoms with van der Waals surface area (Å²) in [6, 6.07) is 70.6. The Balaban J connectivity index is 0.000000170. The zero-order valence-electron chi connectivity index (χ0n) is 33.9. The number of aromatic nitrogens is 4. The monoisotopic (exact) mass is 986 g/mol. The molecule has 10 rings (SSSR count). The van der Waals surface area contributed by atoms with E-state index in [1.165, 1.54) is 0 Å². The normalized spacial score (nSPS) is 10.4. The molecule has 63 heavy (non-hydrogen) atoms. The number of hydrogen-bond acceptors (Lipinski definition) is 2. The third-order valence-electron chi connectivity index (χ3n) is 10.6. The summed E-state index contributed by atoms with van der Waals surface area (Å²) in [4.78, 5) is 16.5. The van der Waals surface area contributed by atoms with E-state index >= 15 is 0 Å². The molecule has 0 unspecified atom stereocenters. The Hall–Kier alpha value is -8.19. The molecule has 2 aromatic heterocycles. The van der Waals surface area contributed by atoms with Crippen LogP contribution in [-0.4, -0.2) is 19.1 Å². The molecular weight excluding hydrogens is 949 g/mol. The van der Waals surface area contributed by atoms with Crippen molar-refractivity contribution in [2.45, 2.75) is 0 Å². The standard InChI is InChI=1S/C28H19N3.C28H18N3.Ir/c2*1-29-24-15-8-14-23(20-24)28-30-18-19-31(28)27-25(21-10-4-2-5-11-21)16-9-17-26(27)22-12-6-3-7-13-22;/h2-20H;2-13,15-20H;/q;-1;. The number of benzene rings is 8. The third kappa shape index (κ3) is 8.84. The van der Waals surface area contributed by atoms with Gasteiger partial charge < -0.3 is 4.57 Å². The fourth-order valence-corrected chi connectivity index (χ4v) is 7.76. The van der Waals surface area contributed by atoms with Gasteiger partial charge in [-0.25, -0.2) is 9.83 Å². The molecule has 301 valence electrons. The molecule has 0 saturated heterocycles. The van der Waals surface area contributed by atoms with Crippen LogP contribution in [-0.2, 0) is 20.1 Å².